The summed E-state index contributed by atoms with van der Waals surface area (Å²) in [4.78, 5) is 11.9. The summed E-state index contributed by atoms with van der Waals surface area (Å²) in [5.74, 6) is 0.888. The molecule has 0 aromatic rings. The Balaban J connectivity index is 2.05. The van der Waals surface area contributed by atoms with Gasteiger partial charge in [-0.15, -0.1) is 0 Å². The standard InChI is InChI=1S/C22H36O4/c1-13(2)16-9-10-21(5,24)20-17(16)11-14(3)7-8-19-22(6,26-19)12-18(20)25-15(4)23/h11,13,16-20,24H,7-10,12H2,1-6H3/b14-11-/t16-,17-,18?,19+,20+,21-,22+/m1/s1. The summed E-state index contributed by atoms with van der Waals surface area (Å²) in [7, 11) is 0. The van der Waals surface area contributed by atoms with E-state index in [1.807, 2.05) is 6.92 Å². The van der Waals surface area contributed by atoms with Gasteiger partial charge >= 0.3 is 5.97 Å². The Morgan fingerprint density at radius 3 is 2.65 bits per heavy atom. The summed E-state index contributed by atoms with van der Waals surface area (Å²) in [6.45, 7) is 12.3. The highest BCUT2D eigenvalue weighted by Gasteiger charge is 2.58. The molecule has 0 bridgehead atoms. The van der Waals surface area contributed by atoms with E-state index in [4.69, 9.17) is 9.47 Å². The number of hydrogen-bond acceptors (Lipinski definition) is 4. The van der Waals surface area contributed by atoms with Crippen LogP contribution in [-0.2, 0) is 14.3 Å². The average Bonchev–Trinajstić information content (AvgIpc) is 3.12. The number of hydrogen-bond donors (Lipinski definition) is 1. The van der Waals surface area contributed by atoms with E-state index >= 15 is 0 Å². The molecular formula is C22H36O4. The SMILES string of the molecule is CC(=O)OC1C[C@]2(C)O[C@H]2CC/C(C)=C\[C@@H]2[C@@H](C(C)C)CC[C@@](C)(O)[C@H]12. The first-order chi connectivity index (χ1) is 12.0. The highest BCUT2D eigenvalue weighted by atomic mass is 16.6. The summed E-state index contributed by atoms with van der Waals surface area (Å²) in [6.07, 6.45) is 6.79. The summed E-state index contributed by atoms with van der Waals surface area (Å²) in [5.41, 5.74) is 0.292. The fourth-order valence-electron chi connectivity index (χ4n) is 5.61. The number of carbonyl (C=O) groups is 1. The van der Waals surface area contributed by atoms with Crippen LogP contribution in [0.1, 0.15) is 73.6 Å². The molecule has 1 unspecified atom stereocenters. The Bertz CT molecular complexity index is 579. The second kappa shape index (κ2) is 6.94. The van der Waals surface area contributed by atoms with Crippen molar-refractivity contribution < 1.29 is 19.4 Å². The number of rotatable bonds is 2. The molecule has 4 heteroatoms. The Labute approximate surface area is 158 Å². The van der Waals surface area contributed by atoms with Gasteiger partial charge in [0.1, 0.15) is 6.10 Å². The molecule has 26 heavy (non-hydrogen) atoms. The fraction of sp³-hybridized carbons (Fsp3) is 0.864. The second-order valence-corrected chi connectivity index (χ2v) is 9.73. The molecule has 1 N–H and O–H groups in total. The maximum absolute atomic E-state index is 11.9. The number of aliphatic hydroxyl groups is 1. The monoisotopic (exact) mass is 364 g/mol. The van der Waals surface area contributed by atoms with Crippen molar-refractivity contribution >= 4 is 5.97 Å². The van der Waals surface area contributed by atoms with Crippen LogP contribution in [0.5, 0.6) is 0 Å². The summed E-state index contributed by atoms with van der Waals surface area (Å²) < 4.78 is 11.9. The molecule has 0 radical (unpaired) electrons. The third kappa shape index (κ3) is 3.87. The molecule has 1 saturated heterocycles. The van der Waals surface area contributed by atoms with Crippen molar-refractivity contribution in [2.45, 2.75) is 97.1 Å². The molecule has 2 aliphatic carbocycles. The minimum Gasteiger partial charge on any atom is -0.462 e. The molecule has 4 nitrogen and oxygen atoms in total. The first-order valence-corrected chi connectivity index (χ1v) is 10.3. The second-order valence-electron chi connectivity index (χ2n) is 9.73. The van der Waals surface area contributed by atoms with Crippen molar-refractivity contribution in [3.8, 4) is 0 Å². The maximum atomic E-state index is 11.9. The number of fused-ring (bicyclic) bond motifs is 2. The van der Waals surface area contributed by atoms with E-state index in [2.05, 4.69) is 33.8 Å². The zero-order valence-electron chi connectivity index (χ0n) is 17.2. The van der Waals surface area contributed by atoms with E-state index in [1.54, 1.807) is 0 Å². The van der Waals surface area contributed by atoms with Crippen LogP contribution in [0.15, 0.2) is 11.6 Å². The van der Waals surface area contributed by atoms with Crippen molar-refractivity contribution in [2.24, 2.45) is 23.7 Å². The predicted molar refractivity (Wildman–Crippen MR) is 102 cm³/mol. The Morgan fingerprint density at radius 2 is 2.04 bits per heavy atom. The topological polar surface area (TPSA) is 59.1 Å². The quantitative estimate of drug-likeness (QED) is 0.452. The predicted octanol–water partition coefficient (Wildman–Crippen LogP) is 4.26. The molecule has 7 atom stereocenters. The van der Waals surface area contributed by atoms with Crippen LogP contribution in [-0.4, -0.2) is 34.5 Å². The van der Waals surface area contributed by atoms with Gasteiger partial charge in [0.15, 0.2) is 0 Å². The van der Waals surface area contributed by atoms with Gasteiger partial charge in [-0.2, -0.15) is 0 Å². The van der Waals surface area contributed by atoms with Gasteiger partial charge in [0.25, 0.3) is 0 Å². The number of epoxide rings is 1. The third-order valence-electron chi connectivity index (χ3n) is 7.10. The first-order valence-electron chi connectivity index (χ1n) is 10.3. The van der Waals surface area contributed by atoms with Gasteiger partial charge < -0.3 is 14.6 Å². The molecule has 3 rings (SSSR count). The van der Waals surface area contributed by atoms with Gasteiger partial charge in [-0.1, -0.05) is 25.5 Å². The highest BCUT2D eigenvalue weighted by Crippen LogP contribution is 2.52. The molecule has 0 amide bonds. The van der Waals surface area contributed by atoms with Gasteiger partial charge in [-0.3, -0.25) is 4.79 Å². The van der Waals surface area contributed by atoms with Crippen LogP contribution >= 0.6 is 0 Å². The van der Waals surface area contributed by atoms with Crippen molar-refractivity contribution in [2.75, 3.05) is 0 Å². The number of esters is 1. The van der Waals surface area contributed by atoms with Crippen LogP contribution in [0.2, 0.25) is 0 Å². The normalized spacial score (nSPS) is 48.0. The van der Waals surface area contributed by atoms with E-state index in [-0.39, 0.29) is 35.6 Å². The van der Waals surface area contributed by atoms with E-state index < -0.39 is 5.60 Å². The van der Waals surface area contributed by atoms with Gasteiger partial charge in [0.2, 0.25) is 0 Å². The lowest BCUT2D eigenvalue weighted by Crippen LogP contribution is -2.54. The largest absolute Gasteiger partial charge is 0.462 e. The minimum atomic E-state index is -0.840. The lowest BCUT2D eigenvalue weighted by molar-refractivity contribution is -0.169. The van der Waals surface area contributed by atoms with Crippen LogP contribution in [0, 0.1) is 23.7 Å². The van der Waals surface area contributed by atoms with Crippen LogP contribution in [0.4, 0.5) is 0 Å². The van der Waals surface area contributed by atoms with Gasteiger partial charge in [-0.25, -0.2) is 0 Å². The summed E-state index contributed by atoms with van der Waals surface area (Å²) in [6, 6.07) is 0. The Hall–Kier alpha value is -0.870. The van der Waals surface area contributed by atoms with Gasteiger partial charge in [0.05, 0.1) is 17.3 Å². The lowest BCUT2D eigenvalue weighted by Gasteiger charge is -2.50. The number of allylic oxidation sites excluding steroid dienone is 2. The molecule has 0 spiro atoms. The van der Waals surface area contributed by atoms with Crippen LogP contribution in [0.25, 0.3) is 0 Å². The highest BCUT2D eigenvalue weighted by molar-refractivity contribution is 5.66. The Kier molecular flexibility index (Phi) is 5.31. The lowest BCUT2D eigenvalue weighted by atomic mass is 9.59. The molecule has 3 aliphatic rings. The smallest absolute Gasteiger partial charge is 0.302 e. The van der Waals surface area contributed by atoms with Crippen molar-refractivity contribution in [1.82, 2.24) is 0 Å². The molecule has 148 valence electrons. The van der Waals surface area contributed by atoms with Crippen LogP contribution in [0.3, 0.4) is 0 Å². The maximum Gasteiger partial charge on any atom is 0.302 e. The summed E-state index contributed by atoms with van der Waals surface area (Å²) in [5, 5.41) is 11.3. The molecule has 1 heterocycles. The average molecular weight is 365 g/mol. The van der Waals surface area contributed by atoms with E-state index in [0.29, 0.717) is 18.3 Å². The zero-order chi connectivity index (χ0) is 19.3. The van der Waals surface area contributed by atoms with Crippen LogP contribution < -0.4 is 0 Å². The minimum absolute atomic E-state index is 0.0951. The van der Waals surface area contributed by atoms with Crippen molar-refractivity contribution in [1.29, 1.82) is 0 Å². The zero-order valence-corrected chi connectivity index (χ0v) is 17.2. The van der Waals surface area contributed by atoms with E-state index in [9.17, 15) is 9.90 Å². The van der Waals surface area contributed by atoms with Gasteiger partial charge in [-0.05, 0) is 64.2 Å². The number of carbonyl (C=O) groups excluding carboxylic acids is 1. The molecular weight excluding hydrogens is 328 g/mol. The first kappa shape index (κ1) is 19.9. The molecule has 0 aromatic carbocycles. The van der Waals surface area contributed by atoms with Gasteiger partial charge in [0, 0.05) is 19.3 Å². The fourth-order valence-corrected chi connectivity index (χ4v) is 5.61. The third-order valence-corrected chi connectivity index (χ3v) is 7.10. The van der Waals surface area contributed by atoms with Crippen molar-refractivity contribution in [3.63, 3.8) is 0 Å². The molecule has 2 fully saturated rings. The van der Waals surface area contributed by atoms with E-state index in [1.165, 1.54) is 12.5 Å². The molecule has 1 saturated carbocycles. The van der Waals surface area contributed by atoms with E-state index in [0.717, 1.165) is 25.7 Å². The Morgan fingerprint density at radius 1 is 1.35 bits per heavy atom. The van der Waals surface area contributed by atoms with Crippen molar-refractivity contribution in [3.05, 3.63) is 11.6 Å². The molecule has 1 aliphatic heterocycles. The number of ether oxygens (including phenoxy) is 2. The molecule has 0 aromatic heterocycles. The summed E-state index contributed by atoms with van der Waals surface area (Å²) >= 11 is 0.